The van der Waals surface area contributed by atoms with Crippen molar-refractivity contribution >= 4 is 16.1 Å². The van der Waals surface area contributed by atoms with Gasteiger partial charge in [0.15, 0.2) is 6.10 Å². The molecule has 0 aromatic heterocycles. The Labute approximate surface area is 134 Å². The lowest BCUT2D eigenvalue weighted by molar-refractivity contribution is -0.152. The average Bonchev–Trinajstić information content (AvgIpc) is 2.57. The van der Waals surface area contributed by atoms with Gasteiger partial charge in [0.05, 0.1) is 7.11 Å². The number of methoxy groups -OCH3 is 2. The third-order valence-corrected chi connectivity index (χ3v) is 4.33. The molecule has 0 bridgehead atoms. The zero-order valence-corrected chi connectivity index (χ0v) is 13.4. The van der Waals surface area contributed by atoms with Crippen LogP contribution in [0.25, 0.3) is 0 Å². The molecule has 0 spiro atoms. The molecule has 0 radical (unpaired) electrons. The Morgan fingerprint density at radius 2 is 1.57 bits per heavy atom. The van der Waals surface area contributed by atoms with Crippen LogP contribution in [0.1, 0.15) is 11.7 Å². The quantitative estimate of drug-likeness (QED) is 0.595. The van der Waals surface area contributed by atoms with Gasteiger partial charge in [-0.2, -0.15) is 8.42 Å². The third-order valence-electron chi connectivity index (χ3n) is 3.08. The molecule has 0 N–H and O–H groups in total. The molecule has 0 fully saturated rings. The van der Waals surface area contributed by atoms with Crippen LogP contribution in [-0.4, -0.2) is 28.6 Å². The SMILES string of the molecule is COC(=O)C(OC)c1ccccc1OS(=O)(=O)c1ccccc1. The molecule has 2 rings (SSSR count). The molecular formula is C16H16O6S. The molecular weight excluding hydrogens is 320 g/mol. The fourth-order valence-electron chi connectivity index (χ4n) is 1.98. The number of benzene rings is 2. The Morgan fingerprint density at radius 1 is 0.957 bits per heavy atom. The zero-order valence-electron chi connectivity index (χ0n) is 12.6. The van der Waals surface area contributed by atoms with Gasteiger partial charge in [0.1, 0.15) is 10.6 Å². The Bertz CT molecular complexity index is 770. The molecule has 122 valence electrons. The molecule has 1 unspecified atom stereocenters. The second-order valence-corrected chi connectivity index (χ2v) is 6.07. The molecule has 0 amide bonds. The van der Waals surface area contributed by atoms with Crippen LogP contribution in [0, 0.1) is 0 Å². The van der Waals surface area contributed by atoms with E-state index in [4.69, 9.17) is 8.92 Å². The maximum Gasteiger partial charge on any atom is 0.339 e. The van der Waals surface area contributed by atoms with Crippen molar-refractivity contribution in [3.05, 3.63) is 60.2 Å². The van der Waals surface area contributed by atoms with Gasteiger partial charge in [0.25, 0.3) is 0 Å². The molecule has 6 nitrogen and oxygen atoms in total. The fraction of sp³-hybridized carbons (Fsp3) is 0.188. The summed E-state index contributed by atoms with van der Waals surface area (Å²) in [5.41, 5.74) is 0.265. The standard InChI is InChI=1S/C16H16O6S/c1-20-15(16(17)21-2)13-10-6-7-11-14(13)22-23(18,19)12-8-4-3-5-9-12/h3-11,15H,1-2H3. The normalized spacial score (nSPS) is 12.4. The monoisotopic (exact) mass is 336 g/mol. The van der Waals surface area contributed by atoms with Gasteiger partial charge in [-0.3, -0.25) is 0 Å². The second-order valence-electron chi connectivity index (χ2n) is 4.53. The summed E-state index contributed by atoms with van der Waals surface area (Å²) in [5.74, 6) is -0.644. The van der Waals surface area contributed by atoms with Gasteiger partial charge in [-0.15, -0.1) is 0 Å². The number of para-hydroxylation sites is 1. The van der Waals surface area contributed by atoms with Gasteiger partial charge < -0.3 is 13.7 Å². The Morgan fingerprint density at radius 3 is 2.17 bits per heavy atom. The molecule has 0 saturated carbocycles. The molecule has 0 heterocycles. The molecule has 1 atom stereocenters. The summed E-state index contributed by atoms with van der Waals surface area (Å²) in [6, 6.07) is 14.0. The number of hydrogen-bond donors (Lipinski definition) is 0. The minimum absolute atomic E-state index is 0.00797. The van der Waals surface area contributed by atoms with Crippen molar-refractivity contribution < 1.29 is 26.9 Å². The first-order chi connectivity index (χ1) is 11.0. The molecule has 0 aliphatic heterocycles. The summed E-state index contributed by atoms with van der Waals surface area (Å²) in [6.45, 7) is 0. The molecule has 0 aliphatic carbocycles. The lowest BCUT2D eigenvalue weighted by Gasteiger charge is -2.17. The summed E-state index contributed by atoms with van der Waals surface area (Å²) in [5, 5.41) is 0. The van der Waals surface area contributed by atoms with Crippen molar-refractivity contribution in [2.45, 2.75) is 11.0 Å². The van der Waals surface area contributed by atoms with Gasteiger partial charge in [-0.05, 0) is 18.2 Å². The zero-order chi connectivity index (χ0) is 16.9. The van der Waals surface area contributed by atoms with Crippen molar-refractivity contribution in [3.63, 3.8) is 0 Å². The molecule has 7 heteroatoms. The van der Waals surface area contributed by atoms with Crippen LogP contribution in [0.4, 0.5) is 0 Å². The van der Waals surface area contributed by atoms with Crippen LogP contribution in [0.5, 0.6) is 5.75 Å². The van der Waals surface area contributed by atoms with Crippen molar-refractivity contribution in [2.75, 3.05) is 14.2 Å². The van der Waals surface area contributed by atoms with Crippen molar-refractivity contribution in [1.82, 2.24) is 0 Å². The minimum Gasteiger partial charge on any atom is -0.467 e. The summed E-state index contributed by atoms with van der Waals surface area (Å²) in [7, 11) is -1.47. The maximum absolute atomic E-state index is 12.3. The molecule has 2 aromatic carbocycles. The Kier molecular flexibility index (Phi) is 5.36. The van der Waals surface area contributed by atoms with E-state index in [-0.39, 0.29) is 16.2 Å². The van der Waals surface area contributed by atoms with E-state index in [0.717, 1.165) is 0 Å². The van der Waals surface area contributed by atoms with Gasteiger partial charge in [-0.1, -0.05) is 36.4 Å². The molecule has 2 aromatic rings. The van der Waals surface area contributed by atoms with Crippen molar-refractivity contribution in [1.29, 1.82) is 0 Å². The van der Waals surface area contributed by atoms with E-state index in [1.807, 2.05) is 0 Å². The fourth-order valence-corrected chi connectivity index (χ4v) is 2.96. The van der Waals surface area contributed by atoms with Gasteiger partial charge >= 0.3 is 16.1 Å². The second kappa shape index (κ2) is 7.26. The van der Waals surface area contributed by atoms with E-state index < -0.39 is 22.2 Å². The Hall–Kier alpha value is -2.38. The number of ether oxygens (including phenoxy) is 2. The number of rotatable bonds is 6. The highest BCUT2D eigenvalue weighted by molar-refractivity contribution is 7.87. The first-order valence-corrected chi connectivity index (χ1v) is 8.09. The van der Waals surface area contributed by atoms with E-state index in [1.54, 1.807) is 36.4 Å². The average molecular weight is 336 g/mol. The van der Waals surface area contributed by atoms with Crippen molar-refractivity contribution in [3.8, 4) is 5.75 Å². The van der Waals surface area contributed by atoms with Crippen LogP contribution in [0.15, 0.2) is 59.5 Å². The lowest BCUT2D eigenvalue weighted by atomic mass is 10.1. The summed E-state index contributed by atoms with van der Waals surface area (Å²) in [4.78, 5) is 11.8. The number of carbonyl (C=O) groups is 1. The summed E-state index contributed by atoms with van der Waals surface area (Å²) in [6.07, 6.45) is -1.08. The molecule has 23 heavy (non-hydrogen) atoms. The maximum atomic E-state index is 12.3. The van der Waals surface area contributed by atoms with Gasteiger partial charge in [0, 0.05) is 12.7 Å². The highest BCUT2D eigenvalue weighted by Crippen LogP contribution is 2.30. The highest BCUT2D eigenvalue weighted by Gasteiger charge is 2.27. The number of esters is 1. The Balaban J connectivity index is 2.40. The first kappa shape index (κ1) is 17.0. The highest BCUT2D eigenvalue weighted by atomic mass is 32.2. The van der Waals surface area contributed by atoms with Gasteiger partial charge in [-0.25, -0.2) is 4.79 Å². The number of carbonyl (C=O) groups excluding carboxylic acids is 1. The van der Waals surface area contributed by atoms with Crippen LogP contribution in [0.2, 0.25) is 0 Å². The van der Waals surface area contributed by atoms with Crippen LogP contribution in [-0.2, 0) is 24.4 Å². The van der Waals surface area contributed by atoms with Crippen molar-refractivity contribution in [2.24, 2.45) is 0 Å². The van der Waals surface area contributed by atoms with E-state index in [1.165, 1.54) is 32.4 Å². The predicted molar refractivity (Wildman–Crippen MR) is 82.5 cm³/mol. The lowest BCUT2D eigenvalue weighted by Crippen LogP contribution is -2.18. The van der Waals surface area contributed by atoms with Crippen LogP contribution >= 0.6 is 0 Å². The first-order valence-electron chi connectivity index (χ1n) is 6.68. The summed E-state index contributed by atoms with van der Waals surface area (Å²) >= 11 is 0. The smallest absolute Gasteiger partial charge is 0.339 e. The van der Waals surface area contributed by atoms with Crippen LogP contribution in [0.3, 0.4) is 0 Å². The third kappa shape index (κ3) is 3.88. The van der Waals surface area contributed by atoms with Crippen LogP contribution < -0.4 is 4.18 Å². The topological polar surface area (TPSA) is 78.9 Å². The van der Waals surface area contributed by atoms with E-state index in [9.17, 15) is 13.2 Å². The number of hydrogen-bond acceptors (Lipinski definition) is 6. The van der Waals surface area contributed by atoms with Gasteiger partial charge in [0.2, 0.25) is 0 Å². The van der Waals surface area contributed by atoms with E-state index in [2.05, 4.69) is 4.74 Å². The molecule has 0 aliphatic rings. The van der Waals surface area contributed by atoms with E-state index >= 15 is 0 Å². The summed E-state index contributed by atoms with van der Waals surface area (Å²) < 4.78 is 39.6. The predicted octanol–water partition coefficient (Wildman–Crippen LogP) is 2.31. The van der Waals surface area contributed by atoms with E-state index in [0.29, 0.717) is 0 Å². The minimum atomic E-state index is -4.02. The molecule has 0 saturated heterocycles. The largest absolute Gasteiger partial charge is 0.467 e.